The lowest BCUT2D eigenvalue weighted by atomic mass is 10.2. The van der Waals surface area contributed by atoms with Gasteiger partial charge >= 0.3 is 0 Å². The van der Waals surface area contributed by atoms with Crippen molar-refractivity contribution in [3.05, 3.63) is 64.8 Å². The number of hydrogen-bond acceptors (Lipinski definition) is 5. The van der Waals surface area contributed by atoms with E-state index in [1.54, 1.807) is 12.1 Å². The normalized spacial score (nSPS) is 10.5. The summed E-state index contributed by atoms with van der Waals surface area (Å²) in [5, 5.41) is 13.6. The summed E-state index contributed by atoms with van der Waals surface area (Å²) in [6, 6.07) is 8.91. The fourth-order valence-electron chi connectivity index (χ4n) is 2.01. The molecule has 0 bridgehead atoms. The number of hydrogen-bond donors (Lipinski definition) is 2. The van der Waals surface area contributed by atoms with Crippen molar-refractivity contribution in [3.8, 4) is 0 Å². The van der Waals surface area contributed by atoms with Crippen molar-refractivity contribution in [1.29, 1.82) is 0 Å². The van der Waals surface area contributed by atoms with Gasteiger partial charge < -0.3 is 10.6 Å². The Morgan fingerprint density at radius 2 is 1.79 bits per heavy atom. The standard InChI is InChI=1S/C16H12ClF2N5/c1-9-5-6-10(17)7-13(9)21-14-8-20-24-16(22-14)23-15-11(18)3-2-4-12(15)19/h2-8H,1H3,(H2,21,22,23,24). The molecule has 0 unspecified atom stereocenters. The Morgan fingerprint density at radius 1 is 1.04 bits per heavy atom. The molecule has 0 fully saturated rings. The van der Waals surface area contributed by atoms with Crippen LogP contribution in [0.4, 0.5) is 31.9 Å². The average molecular weight is 348 g/mol. The van der Waals surface area contributed by atoms with Crippen LogP contribution in [0.5, 0.6) is 0 Å². The van der Waals surface area contributed by atoms with E-state index in [9.17, 15) is 8.78 Å². The van der Waals surface area contributed by atoms with Crippen LogP contribution in [0.1, 0.15) is 5.56 Å². The smallest absolute Gasteiger partial charge is 0.249 e. The van der Waals surface area contributed by atoms with Gasteiger partial charge in [-0.15, -0.1) is 5.10 Å². The predicted octanol–water partition coefficient (Wildman–Crippen LogP) is 4.60. The molecular weight excluding hydrogens is 336 g/mol. The van der Waals surface area contributed by atoms with Crippen LogP contribution in [0.3, 0.4) is 0 Å². The van der Waals surface area contributed by atoms with E-state index in [2.05, 4.69) is 25.8 Å². The number of nitrogens with one attached hydrogen (secondary N) is 2. The van der Waals surface area contributed by atoms with Crippen LogP contribution in [0.25, 0.3) is 0 Å². The van der Waals surface area contributed by atoms with E-state index in [1.807, 2.05) is 13.0 Å². The van der Waals surface area contributed by atoms with Crippen LogP contribution < -0.4 is 10.6 Å². The zero-order valence-electron chi connectivity index (χ0n) is 12.5. The van der Waals surface area contributed by atoms with Gasteiger partial charge in [0.15, 0.2) is 5.82 Å². The Balaban J connectivity index is 1.86. The highest BCUT2D eigenvalue weighted by atomic mass is 35.5. The van der Waals surface area contributed by atoms with Gasteiger partial charge in [-0.25, -0.2) is 8.78 Å². The largest absolute Gasteiger partial charge is 0.339 e. The highest BCUT2D eigenvalue weighted by Gasteiger charge is 2.11. The molecule has 0 aliphatic rings. The van der Waals surface area contributed by atoms with Crippen LogP contribution in [-0.4, -0.2) is 15.2 Å². The first-order valence-corrected chi connectivity index (χ1v) is 7.34. The third-order valence-electron chi connectivity index (χ3n) is 3.22. The van der Waals surface area contributed by atoms with Gasteiger partial charge in [-0.05, 0) is 36.8 Å². The van der Waals surface area contributed by atoms with Crippen molar-refractivity contribution in [2.75, 3.05) is 10.6 Å². The summed E-state index contributed by atoms with van der Waals surface area (Å²) < 4.78 is 27.3. The van der Waals surface area contributed by atoms with Crippen molar-refractivity contribution < 1.29 is 8.78 Å². The molecule has 0 saturated carbocycles. The summed E-state index contributed by atoms with van der Waals surface area (Å²) in [4.78, 5) is 4.14. The number of nitrogens with zero attached hydrogens (tertiary/aromatic N) is 3. The van der Waals surface area contributed by atoms with Gasteiger partial charge in [-0.3, -0.25) is 0 Å². The SMILES string of the molecule is Cc1ccc(Cl)cc1Nc1cnnc(Nc2c(F)cccc2F)n1. The van der Waals surface area contributed by atoms with Gasteiger partial charge in [0.25, 0.3) is 0 Å². The minimum atomic E-state index is -0.748. The molecule has 2 aromatic carbocycles. The minimum Gasteiger partial charge on any atom is -0.339 e. The lowest BCUT2D eigenvalue weighted by Gasteiger charge is -2.10. The maximum atomic E-state index is 13.7. The molecule has 0 amide bonds. The number of aryl methyl sites for hydroxylation is 1. The zero-order chi connectivity index (χ0) is 17.1. The number of anilines is 4. The highest BCUT2D eigenvalue weighted by molar-refractivity contribution is 6.30. The Bertz CT molecular complexity index is 868. The summed E-state index contributed by atoms with van der Waals surface area (Å²) in [6.07, 6.45) is 1.39. The maximum absolute atomic E-state index is 13.7. The fourth-order valence-corrected chi connectivity index (χ4v) is 2.18. The Labute approximate surface area is 141 Å². The molecule has 8 heteroatoms. The number of para-hydroxylation sites is 1. The van der Waals surface area contributed by atoms with Gasteiger partial charge in [-0.1, -0.05) is 23.7 Å². The number of halogens is 3. The van der Waals surface area contributed by atoms with Gasteiger partial charge in [0.05, 0.1) is 6.20 Å². The monoisotopic (exact) mass is 347 g/mol. The number of rotatable bonds is 4. The van der Waals surface area contributed by atoms with Crippen molar-refractivity contribution in [3.63, 3.8) is 0 Å². The molecule has 0 spiro atoms. The van der Waals surface area contributed by atoms with E-state index in [1.165, 1.54) is 12.3 Å². The van der Waals surface area contributed by atoms with E-state index in [4.69, 9.17) is 11.6 Å². The predicted molar refractivity (Wildman–Crippen MR) is 88.9 cm³/mol. The first-order chi connectivity index (χ1) is 11.5. The first kappa shape index (κ1) is 16.1. The summed E-state index contributed by atoms with van der Waals surface area (Å²) in [5.74, 6) is -1.18. The van der Waals surface area contributed by atoms with Crippen LogP contribution in [0.15, 0.2) is 42.6 Å². The van der Waals surface area contributed by atoms with Gasteiger partial charge in [-0.2, -0.15) is 10.1 Å². The first-order valence-electron chi connectivity index (χ1n) is 6.97. The molecule has 122 valence electrons. The number of benzene rings is 2. The highest BCUT2D eigenvalue weighted by Crippen LogP contribution is 2.24. The van der Waals surface area contributed by atoms with E-state index < -0.39 is 11.6 Å². The summed E-state index contributed by atoms with van der Waals surface area (Å²) in [5.41, 5.74) is 1.36. The van der Waals surface area contributed by atoms with Crippen LogP contribution in [-0.2, 0) is 0 Å². The molecule has 24 heavy (non-hydrogen) atoms. The van der Waals surface area contributed by atoms with Crippen molar-refractivity contribution in [2.24, 2.45) is 0 Å². The quantitative estimate of drug-likeness (QED) is 0.722. The molecule has 0 aliphatic heterocycles. The molecular formula is C16H12ClF2N5. The molecule has 3 aromatic rings. The fraction of sp³-hybridized carbons (Fsp3) is 0.0625. The zero-order valence-corrected chi connectivity index (χ0v) is 13.3. The third-order valence-corrected chi connectivity index (χ3v) is 3.46. The van der Waals surface area contributed by atoms with E-state index in [0.29, 0.717) is 10.8 Å². The Morgan fingerprint density at radius 3 is 2.54 bits per heavy atom. The average Bonchev–Trinajstić information content (AvgIpc) is 2.55. The topological polar surface area (TPSA) is 62.7 Å². The van der Waals surface area contributed by atoms with Gasteiger partial charge in [0.1, 0.15) is 17.3 Å². The summed E-state index contributed by atoms with van der Waals surface area (Å²) in [6.45, 7) is 1.90. The van der Waals surface area contributed by atoms with Crippen LogP contribution in [0, 0.1) is 18.6 Å². The molecule has 2 N–H and O–H groups in total. The molecule has 3 rings (SSSR count). The van der Waals surface area contributed by atoms with Crippen molar-refractivity contribution in [1.82, 2.24) is 15.2 Å². The second-order valence-corrected chi connectivity index (χ2v) is 5.41. The molecule has 0 atom stereocenters. The molecule has 0 aliphatic carbocycles. The molecule has 1 aromatic heterocycles. The van der Waals surface area contributed by atoms with Gasteiger partial charge in [0, 0.05) is 10.7 Å². The summed E-state index contributed by atoms with van der Waals surface area (Å²) in [7, 11) is 0. The number of aromatic nitrogens is 3. The van der Waals surface area contributed by atoms with Crippen LogP contribution >= 0.6 is 11.6 Å². The van der Waals surface area contributed by atoms with Gasteiger partial charge in [0.2, 0.25) is 5.95 Å². The molecule has 0 saturated heterocycles. The Hall–Kier alpha value is -2.80. The third kappa shape index (κ3) is 3.57. The molecule has 1 heterocycles. The van der Waals surface area contributed by atoms with Crippen LogP contribution in [0.2, 0.25) is 5.02 Å². The maximum Gasteiger partial charge on any atom is 0.249 e. The Kier molecular flexibility index (Phi) is 4.52. The van der Waals surface area contributed by atoms with E-state index in [-0.39, 0.29) is 11.6 Å². The lowest BCUT2D eigenvalue weighted by Crippen LogP contribution is -2.05. The minimum absolute atomic E-state index is 0.0383. The second-order valence-electron chi connectivity index (χ2n) is 4.97. The van der Waals surface area contributed by atoms with E-state index >= 15 is 0 Å². The summed E-state index contributed by atoms with van der Waals surface area (Å²) >= 11 is 5.97. The molecule has 5 nitrogen and oxygen atoms in total. The van der Waals surface area contributed by atoms with Crippen molar-refractivity contribution >= 4 is 34.7 Å². The molecule has 0 radical (unpaired) electrons. The van der Waals surface area contributed by atoms with Crippen molar-refractivity contribution in [2.45, 2.75) is 6.92 Å². The lowest BCUT2D eigenvalue weighted by molar-refractivity contribution is 0.590. The second kappa shape index (κ2) is 6.76. The van der Waals surface area contributed by atoms with E-state index in [0.717, 1.165) is 23.4 Å².